The van der Waals surface area contributed by atoms with Gasteiger partial charge in [0.2, 0.25) is 5.78 Å². The van der Waals surface area contributed by atoms with Gasteiger partial charge in [-0.2, -0.15) is 0 Å². The number of terminal acetylenes is 1. The fraction of sp³-hybridized carbons (Fsp3) is 0.207. The van der Waals surface area contributed by atoms with Crippen LogP contribution < -0.4 is 10.6 Å². The van der Waals surface area contributed by atoms with Crippen molar-refractivity contribution in [2.45, 2.75) is 31.2 Å². The van der Waals surface area contributed by atoms with Crippen LogP contribution in [0.3, 0.4) is 0 Å². The molecule has 1 heterocycles. The minimum atomic E-state index is -0.826. The predicted octanol–water partition coefficient (Wildman–Crippen LogP) is 4.74. The Morgan fingerprint density at radius 3 is 2.50 bits per heavy atom. The number of halogens is 1. The van der Waals surface area contributed by atoms with Crippen LogP contribution in [0.4, 0.5) is 0 Å². The van der Waals surface area contributed by atoms with Gasteiger partial charge >= 0.3 is 11.8 Å². The molecule has 2 aromatic carbocycles. The van der Waals surface area contributed by atoms with Gasteiger partial charge < -0.3 is 10.6 Å². The van der Waals surface area contributed by atoms with Crippen molar-refractivity contribution < 1.29 is 14.4 Å². The van der Waals surface area contributed by atoms with Crippen LogP contribution in [-0.2, 0) is 21.5 Å². The Balaban J connectivity index is 1.44. The first-order chi connectivity index (χ1) is 17.4. The van der Waals surface area contributed by atoms with Crippen molar-refractivity contribution in [2.75, 3.05) is 6.54 Å². The molecule has 1 aliphatic carbocycles. The summed E-state index contributed by atoms with van der Waals surface area (Å²) < 4.78 is 0. The number of thiophene rings is 1. The molecule has 2 N–H and O–H groups in total. The summed E-state index contributed by atoms with van der Waals surface area (Å²) >= 11 is 8.46. The largest absolute Gasteiger partial charge is 0.344 e. The molecule has 0 atom stereocenters. The number of carbonyl (C=O) groups excluding carboxylic acids is 3. The van der Waals surface area contributed by atoms with Crippen LogP contribution in [0.25, 0.3) is 10.4 Å². The first-order valence-corrected chi connectivity index (χ1v) is 12.6. The summed E-state index contributed by atoms with van der Waals surface area (Å²) in [4.78, 5) is 37.6. The monoisotopic (exact) mass is 514 g/mol. The van der Waals surface area contributed by atoms with E-state index in [2.05, 4.69) is 34.5 Å². The van der Waals surface area contributed by atoms with E-state index < -0.39 is 11.8 Å². The number of Topliss-reactive ketones (excluding diaryl/α,β-unsaturated/α-hetero) is 1. The Morgan fingerprint density at radius 1 is 1.00 bits per heavy atom. The second kappa shape index (κ2) is 11.3. The maximum Gasteiger partial charge on any atom is 0.310 e. The topological polar surface area (TPSA) is 75.3 Å². The highest BCUT2D eigenvalue weighted by atomic mass is 35.5. The van der Waals surface area contributed by atoms with Gasteiger partial charge in [-0.25, -0.2) is 0 Å². The number of nitrogens with one attached hydrogen (secondary N) is 2. The Kier molecular flexibility index (Phi) is 7.90. The van der Waals surface area contributed by atoms with E-state index in [1.807, 2.05) is 29.6 Å². The van der Waals surface area contributed by atoms with Gasteiger partial charge in [-0.15, -0.1) is 17.8 Å². The summed E-state index contributed by atoms with van der Waals surface area (Å²) in [7, 11) is 0. The third-order valence-electron chi connectivity index (χ3n) is 6.10. The number of amides is 2. The number of hydrogen-bond donors (Lipinski definition) is 2. The van der Waals surface area contributed by atoms with E-state index in [1.165, 1.54) is 0 Å². The molecular formula is C29H23ClN2O3S. The van der Waals surface area contributed by atoms with Crippen LogP contribution in [0, 0.1) is 24.2 Å². The Labute approximate surface area is 219 Å². The first kappa shape index (κ1) is 25.3. The SMILES string of the molecule is C#CCNC(=O)C(=O)NCc1ccccc1C(=O)C#CCC1(c2cccc(-c3cccs3)c2Cl)CC1. The molecule has 1 saturated carbocycles. The van der Waals surface area contributed by atoms with Gasteiger partial charge in [-0.1, -0.05) is 72.0 Å². The van der Waals surface area contributed by atoms with Crippen molar-refractivity contribution in [1.29, 1.82) is 0 Å². The highest BCUT2D eigenvalue weighted by molar-refractivity contribution is 7.13. The molecule has 2 amide bonds. The second-order valence-electron chi connectivity index (χ2n) is 8.46. The number of benzene rings is 2. The lowest BCUT2D eigenvalue weighted by Gasteiger charge is -2.16. The van der Waals surface area contributed by atoms with E-state index in [9.17, 15) is 14.4 Å². The number of ketones is 1. The van der Waals surface area contributed by atoms with Crippen LogP contribution in [0.15, 0.2) is 60.0 Å². The fourth-order valence-electron chi connectivity index (χ4n) is 3.98. The molecule has 4 rings (SSSR count). The smallest absolute Gasteiger partial charge is 0.310 e. The molecule has 0 spiro atoms. The molecule has 0 radical (unpaired) electrons. The highest BCUT2D eigenvalue weighted by Gasteiger charge is 2.45. The van der Waals surface area contributed by atoms with Gasteiger partial charge in [0.1, 0.15) is 0 Å². The van der Waals surface area contributed by atoms with Crippen LogP contribution in [0.5, 0.6) is 0 Å². The molecule has 0 unspecified atom stereocenters. The summed E-state index contributed by atoms with van der Waals surface area (Å²) in [6.07, 6.45) is 7.54. The van der Waals surface area contributed by atoms with Gasteiger partial charge in [0.15, 0.2) is 0 Å². The van der Waals surface area contributed by atoms with Crippen molar-refractivity contribution in [2.24, 2.45) is 0 Å². The zero-order valence-electron chi connectivity index (χ0n) is 19.4. The van der Waals surface area contributed by atoms with Crippen LogP contribution in [-0.4, -0.2) is 24.1 Å². The van der Waals surface area contributed by atoms with E-state index in [0.717, 1.165) is 33.9 Å². The van der Waals surface area contributed by atoms with Gasteiger partial charge in [0.25, 0.3) is 0 Å². The highest BCUT2D eigenvalue weighted by Crippen LogP contribution is 2.54. The van der Waals surface area contributed by atoms with Gasteiger partial charge in [-0.3, -0.25) is 14.4 Å². The van der Waals surface area contributed by atoms with E-state index in [1.54, 1.807) is 35.6 Å². The number of hydrogen-bond acceptors (Lipinski definition) is 4. The van der Waals surface area contributed by atoms with Crippen molar-refractivity contribution in [3.8, 4) is 34.6 Å². The zero-order chi connectivity index (χ0) is 25.5. The first-order valence-electron chi connectivity index (χ1n) is 11.4. The van der Waals surface area contributed by atoms with Crippen LogP contribution in [0.1, 0.15) is 40.7 Å². The molecule has 5 nitrogen and oxygen atoms in total. The van der Waals surface area contributed by atoms with Gasteiger partial charge in [0, 0.05) is 34.4 Å². The van der Waals surface area contributed by atoms with Gasteiger partial charge in [-0.05, 0) is 41.3 Å². The van der Waals surface area contributed by atoms with E-state index in [4.69, 9.17) is 18.0 Å². The second-order valence-corrected chi connectivity index (χ2v) is 9.78. The molecule has 0 saturated heterocycles. The Bertz CT molecular complexity index is 1410. The summed E-state index contributed by atoms with van der Waals surface area (Å²) in [6, 6.07) is 17.0. The average molecular weight is 515 g/mol. The quantitative estimate of drug-likeness (QED) is 0.207. The summed E-state index contributed by atoms with van der Waals surface area (Å²) in [5.74, 6) is 6.07. The minimum Gasteiger partial charge on any atom is -0.344 e. The average Bonchev–Trinajstić information content (AvgIpc) is 3.47. The van der Waals surface area contributed by atoms with Crippen molar-refractivity contribution in [1.82, 2.24) is 10.6 Å². The molecule has 1 aliphatic rings. The molecule has 0 aliphatic heterocycles. The zero-order valence-corrected chi connectivity index (χ0v) is 21.0. The Hall–Kier alpha value is -3.84. The molecule has 0 bridgehead atoms. The summed E-state index contributed by atoms with van der Waals surface area (Å²) in [6.45, 7) is -0.0249. The number of carbonyl (C=O) groups is 3. The third-order valence-corrected chi connectivity index (χ3v) is 7.41. The van der Waals surface area contributed by atoms with Gasteiger partial charge in [0.05, 0.1) is 11.6 Å². The maximum atomic E-state index is 12.9. The van der Waals surface area contributed by atoms with E-state index in [0.29, 0.717) is 17.5 Å². The predicted molar refractivity (Wildman–Crippen MR) is 143 cm³/mol. The normalized spacial score (nSPS) is 13.0. The minimum absolute atomic E-state index is 0.0148. The maximum absolute atomic E-state index is 12.9. The molecule has 1 aromatic heterocycles. The van der Waals surface area contributed by atoms with Crippen LogP contribution in [0.2, 0.25) is 5.02 Å². The molecule has 180 valence electrons. The molecule has 36 heavy (non-hydrogen) atoms. The third kappa shape index (κ3) is 5.69. The summed E-state index contributed by atoms with van der Waals surface area (Å²) in [5, 5.41) is 7.58. The molecule has 1 fully saturated rings. The van der Waals surface area contributed by atoms with Crippen molar-refractivity contribution in [3.63, 3.8) is 0 Å². The number of rotatable bonds is 7. The standard InChI is InChI=1S/C29H23ClN2O3S/c1-2-17-31-27(34)28(35)32-19-20-8-3-4-9-21(20)24(33)12-6-14-29(15-16-29)23-11-5-10-22(26(23)30)25-13-7-18-36-25/h1,3-5,7-11,13,18H,14-17,19H2,(H,31,34)(H,32,35). The van der Waals surface area contributed by atoms with E-state index in [-0.39, 0.29) is 24.3 Å². The summed E-state index contributed by atoms with van der Waals surface area (Å²) in [5.41, 5.74) is 2.91. The lowest BCUT2D eigenvalue weighted by molar-refractivity contribution is -0.139. The van der Waals surface area contributed by atoms with Crippen LogP contribution >= 0.6 is 22.9 Å². The lowest BCUT2D eigenvalue weighted by Crippen LogP contribution is -2.39. The fourth-order valence-corrected chi connectivity index (χ4v) is 5.22. The molecule has 7 heteroatoms. The lowest BCUT2D eigenvalue weighted by atomic mass is 9.90. The molecular weight excluding hydrogens is 492 g/mol. The van der Waals surface area contributed by atoms with Crippen molar-refractivity contribution in [3.05, 3.63) is 81.7 Å². The van der Waals surface area contributed by atoms with Crippen molar-refractivity contribution >= 4 is 40.5 Å². The van der Waals surface area contributed by atoms with E-state index >= 15 is 0 Å². The Morgan fingerprint density at radius 2 is 1.78 bits per heavy atom. The molecule has 3 aromatic rings.